The topological polar surface area (TPSA) is 73.0 Å². The summed E-state index contributed by atoms with van der Waals surface area (Å²) >= 11 is 6.34. The number of hydrogen-bond acceptors (Lipinski definition) is 5. The normalized spacial score (nSPS) is 22.3. The van der Waals surface area contributed by atoms with Gasteiger partial charge >= 0.3 is 6.09 Å². The first-order chi connectivity index (χ1) is 18.7. The van der Waals surface area contributed by atoms with Crippen molar-refractivity contribution in [3.8, 4) is 5.75 Å². The summed E-state index contributed by atoms with van der Waals surface area (Å²) in [5, 5.41) is 1.81. The molecule has 1 N–H and O–H groups in total. The van der Waals surface area contributed by atoms with Crippen LogP contribution in [0.1, 0.15) is 62.9 Å². The Morgan fingerprint density at radius 1 is 1.10 bits per heavy atom. The fourth-order valence-corrected chi connectivity index (χ4v) is 5.73. The van der Waals surface area contributed by atoms with Crippen molar-refractivity contribution < 1.29 is 23.7 Å². The summed E-state index contributed by atoms with van der Waals surface area (Å²) in [6, 6.07) is 13.5. The van der Waals surface area contributed by atoms with Crippen LogP contribution in [-0.4, -0.2) is 54.7 Å². The van der Waals surface area contributed by atoms with Crippen molar-refractivity contribution in [2.45, 2.75) is 58.3 Å². The molecule has 2 fully saturated rings. The van der Waals surface area contributed by atoms with Crippen molar-refractivity contribution in [3.63, 3.8) is 0 Å². The van der Waals surface area contributed by atoms with E-state index in [1.807, 2.05) is 54.3 Å². The molecule has 3 aromatic rings. The molecule has 208 valence electrons. The molecule has 39 heavy (non-hydrogen) atoms. The fourth-order valence-electron chi connectivity index (χ4n) is 5.56. The number of benzene rings is 2. The molecule has 0 radical (unpaired) electrons. The lowest BCUT2D eigenvalue weighted by molar-refractivity contribution is -0.298. The zero-order chi connectivity index (χ0) is 27.2. The Morgan fingerprint density at radius 3 is 2.54 bits per heavy atom. The van der Waals surface area contributed by atoms with Gasteiger partial charge in [0.25, 0.3) is 0 Å². The third kappa shape index (κ3) is 5.49. The molecule has 3 aliphatic rings. The maximum atomic E-state index is 13.3. The summed E-state index contributed by atoms with van der Waals surface area (Å²) in [4.78, 5) is 18.8. The highest BCUT2D eigenvalue weighted by Gasteiger charge is 2.38. The third-order valence-electron chi connectivity index (χ3n) is 8.22. The zero-order valence-corrected chi connectivity index (χ0v) is 23.7. The zero-order valence-electron chi connectivity index (χ0n) is 22.9. The van der Waals surface area contributed by atoms with Gasteiger partial charge in [-0.3, -0.25) is 4.90 Å². The van der Waals surface area contributed by atoms with Crippen LogP contribution in [0.4, 0.5) is 4.79 Å². The van der Waals surface area contributed by atoms with Gasteiger partial charge in [0.1, 0.15) is 18.4 Å². The molecule has 1 atom stereocenters. The molecule has 8 heteroatoms. The maximum Gasteiger partial charge on any atom is 0.410 e. The van der Waals surface area contributed by atoms with Crippen LogP contribution >= 0.6 is 11.6 Å². The number of H-pyrrole nitrogens is 1. The monoisotopic (exact) mass is 552 g/mol. The summed E-state index contributed by atoms with van der Waals surface area (Å²) in [6.07, 6.45) is 3.97. The number of rotatable bonds is 6. The Hall–Kier alpha value is -2.74. The van der Waals surface area contributed by atoms with Crippen molar-refractivity contribution >= 4 is 28.6 Å². The third-order valence-corrected chi connectivity index (χ3v) is 8.46. The second-order valence-corrected chi connectivity index (χ2v) is 12.6. The van der Waals surface area contributed by atoms with E-state index >= 15 is 0 Å². The molecule has 2 aliphatic heterocycles. The number of fused-ring (bicyclic) bond motifs is 3. The predicted molar refractivity (Wildman–Crippen MR) is 150 cm³/mol. The quantitative estimate of drug-likeness (QED) is 0.361. The Kier molecular flexibility index (Phi) is 7.02. The van der Waals surface area contributed by atoms with Crippen molar-refractivity contribution in [2.24, 2.45) is 11.3 Å². The molecule has 1 saturated carbocycles. The van der Waals surface area contributed by atoms with Gasteiger partial charge < -0.3 is 23.9 Å². The van der Waals surface area contributed by atoms with Crippen LogP contribution in [0.2, 0.25) is 5.02 Å². The molecule has 1 saturated heterocycles. The summed E-state index contributed by atoms with van der Waals surface area (Å²) < 4.78 is 23.8. The average Bonchev–Trinajstić information content (AvgIpc) is 3.26. The lowest BCUT2D eigenvalue weighted by Crippen LogP contribution is -2.49. The molecule has 0 unspecified atom stereocenters. The van der Waals surface area contributed by atoms with Crippen LogP contribution in [0.25, 0.3) is 10.9 Å². The van der Waals surface area contributed by atoms with E-state index in [2.05, 4.69) is 18.8 Å². The maximum absolute atomic E-state index is 13.3. The van der Waals surface area contributed by atoms with E-state index in [1.165, 1.54) is 12.0 Å². The minimum absolute atomic E-state index is 0.00113. The highest BCUT2D eigenvalue weighted by Crippen LogP contribution is 2.40. The molecule has 1 amide bonds. The molecular weight excluding hydrogens is 516 g/mol. The molecule has 2 aromatic carbocycles. The largest absolute Gasteiger partial charge is 0.488 e. The first kappa shape index (κ1) is 26.5. The van der Waals surface area contributed by atoms with Gasteiger partial charge in [0.2, 0.25) is 0 Å². The second kappa shape index (κ2) is 10.3. The Labute approximate surface area is 234 Å². The number of halogens is 1. The van der Waals surface area contributed by atoms with Gasteiger partial charge in [0, 0.05) is 33.6 Å². The number of hydrogen-bond donors (Lipinski definition) is 1. The fraction of sp³-hybridized carbons (Fsp3) is 0.516. The Bertz CT molecular complexity index is 1340. The van der Waals surface area contributed by atoms with Crippen LogP contribution in [0.3, 0.4) is 0 Å². The number of carbonyl (C=O) groups excluding carboxylic acids is 1. The number of aromatic nitrogens is 1. The number of nitrogens with one attached hydrogen (secondary N) is 1. The van der Waals surface area contributed by atoms with E-state index < -0.39 is 5.79 Å². The summed E-state index contributed by atoms with van der Waals surface area (Å²) in [7, 11) is 0. The number of ether oxygens (including phenoxy) is 4. The second-order valence-electron chi connectivity index (χ2n) is 12.2. The molecule has 6 rings (SSSR count). The van der Waals surface area contributed by atoms with Gasteiger partial charge in [-0.2, -0.15) is 0 Å². The van der Waals surface area contributed by atoms with E-state index in [0.29, 0.717) is 43.9 Å². The van der Waals surface area contributed by atoms with Crippen LogP contribution in [0, 0.1) is 11.3 Å². The highest BCUT2D eigenvalue weighted by molar-refractivity contribution is 6.31. The number of nitrogens with zero attached hydrogens (tertiary/aromatic N) is 1. The van der Waals surface area contributed by atoms with Gasteiger partial charge in [0.05, 0.1) is 19.8 Å². The minimum Gasteiger partial charge on any atom is -0.488 e. The predicted octanol–water partition coefficient (Wildman–Crippen LogP) is 6.87. The SMILES string of the molecule is CC1(C)COC(C)(COc2ccc([C@H]3c4[nH]c5ccc(Cl)cc5c4CCN3C(=O)OCC3CCC3)cc2)OC1. The molecule has 1 aliphatic carbocycles. The molecule has 7 nitrogen and oxygen atoms in total. The van der Waals surface area contributed by atoms with E-state index in [1.54, 1.807) is 0 Å². The van der Waals surface area contributed by atoms with E-state index in [4.69, 9.17) is 30.5 Å². The molecule has 0 spiro atoms. The number of amides is 1. The van der Waals surface area contributed by atoms with Crippen LogP contribution in [0.5, 0.6) is 5.75 Å². The van der Waals surface area contributed by atoms with Crippen LogP contribution < -0.4 is 4.74 Å². The molecule has 0 bridgehead atoms. The highest BCUT2D eigenvalue weighted by atomic mass is 35.5. The standard InChI is InChI=1S/C31H37ClN2O5/c1-30(2)17-38-31(3,39-18-30)19-37-23-10-7-21(8-11-23)28-27-24(25-15-22(32)9-12-26(25)33-27)13-14-34(28)29(35)36-16-20-5-4-6-20/h7-12,15,20,28,33H,4-6,13-14,16-19H2,1-3H3/t28-/m0/s1. The first-order valence-electron chi connectivity index (χ1n) is 13.9. The van der Waals surface area contributed by atoms with Crippen molar-refractivity contribution in [2.75, 3.05) is 33.0 Å². The van der Waals surface area contributed by atoms with Crippen molar-refractivity contribution in [3.05, 3.63) is 64.3 Å². The van der Waals surface area contributed by atoms with Crippen molar-refractivity contribution in [1.29, 1.82) is 0 Å². The Morgan fingerprint density at radius 2 is 1.85 bits per heavy atom. The summed E-state index contributed by atoms with van der Waals surface area (Å²) in [5.74, 6) is 0.430. The lowest BCUT2D eigenvalue weighted by Gasteiger charge is -2.41. The van der Waals surface area contributed by atoms with Gasteiger partial charge in [-0.25, -0.2) is 4.79 Å². The van der Waals surface area contributed by atoms with Gasteiger partial charge in [0.15, 0.2) is 5.79 Å². The molecular formula is C31H37ClN2O5. The van der Waals surface area contributed by atoms with E-state index in [0.717, 1.165) is 47.2 Å². The molecule has 1 aromatic heterocycles. The van der Waals surface area contributed by atoms with E-state index in [-0.39, 0.29) is 17.6 Å². The molecule has 3 heterocycles. The van der Waals surface area contributed by atoms with Crippen LogP contribution in [0.15, 0.2) is 42.5 Å². The summed E-state index contributed by atoms with van der Waals surface area (Å²) in [5.41, 5.74) is 4.21. The van der Waals surface area contributed by atoms with E-state index in [9.17, 15) is 4.79 Å². The van der Waals surface area contributed by atoms with Gasteiger partial charge in [-0.15, -0.1) is 0 Å². The van der Waals surface area contributed by atoms with Gasteiger partial charge in [-0.1, -0.05) is 44.0 Å². The summed E-state index contributed by atoms with van der Waals surface area (Å²) in [6.45, 7) is 8.75. The van der Waals surface area contributed by atoms with Crippen molar-refractivity contribution in [1.82, 2.24) is 9.88 Å². The Balaban J connectivity index is 1.24. The number of aromatic amines is 1. The van der Waals surface area contributed by atoms with Gasteiger partial charge in [-0.05, 0) is 73.6 Å². The number of carbonyl (C=O) groups is 1. The minimum atomic E-state index is -0.779. The first-order valence-corrected chi connectivity index (χ1v) is 14.3. The smallest absolute Gasteiger partial charge is 0.410 e. The van der Waals surface area contributed by atoms with Crippen LogP contribution in [-0.2, 0) is 20.6 Å². The average molecular weight is 553 g/mol. The lowest BCUT2D eigenvalue weighted by atomic mass is 9.86.